The molecule has 0 fully saturated rings. The predicted octanol–water partition coefficient (Wildman–Crippen LogP) is 3.39. The van der Waals surface area contributed by atoms with Crippen LogP contribution in [-0.2, 0) is 5.72 Å². The molecule has 3 nitrogen and oxygen atoms in total. The van der Waals surface area contributed by atoms with Crippen LogP contribution in [0.5, 0.6) is 0 Å². The second-order valence-corrected chi connectivity index (χ2v) is 6.72. The number of para-hydroxylation sites is 1. The molecule has 0 radical (unpaired) electrons. The largest absolute Gasteiger partial charge is 0.346 e. The van der Waals surface area contributed by atoms with Gasteiger partial charge in [-0.2, -0.15) is 0 Å². The minimum Gasteiger partial charge on any atom is -0.346 e. The molecule has 0 bridgehead atoms. The Morgan fingerprint density at radius 1 is 1.08 bits per heavy atom. The molecular weight excluding hydrogens is 303 g/mol. The molecule has 0 spiro atoms. The van der Waals surface area contributed by atoms with Gasteiger partial charge in [-0.3, -0.25) is 0 Å². The lowest BCUT2D eigenvalue weighted by Gasteiger charge is -2.24. The molecule has 2 aromatic carbocycles. The number of aliphatic hydroxyl groups is 1. The summed E-state index contributed by atoms with van der Waals surface area (Å²) in [5.41, 5.74) is 1.97. The lowest BCUT2D eigenvalue weighted by molar-refractivity contribution is -0.661. The maximum atomic E-state index is 13.3. The predicted molar refractivity (Wildman–Crippen MR) is 92.8 cm³/mol. The molecule has 2 aliphatic rings. The molecule has 2 aliphatic heterocycles. The average molecular weight is 325 g/mol. The quantitative estimate of drug-likeness (QED) is 0.857. The van der Waals surface area contributed by atoms with E-state index in [9.17, 15) is 9.50 Å². The number of rotatable bonds is 2. The first-order valence-electron chi connectivity index (χ1n) is 8.55. The van der Waals surface area contributed by atoms with Crippen molar-refractivity contribution in [3.05, 3.63) is 65.5 Å². The fraction of sp³-hybridized carbons (Fsp3) is 0.350. The maximum Gasteiger partial charge on any atom is 0.271 e. The van der Waals surface area contributed by atoms with Crippen LogP contribution in [0.4, 0.5) is 10.1 Å². The number of amidine groups is 1. The zero-order valence-electron chi connectivity index (χ0n) is 13.9. The van der Waals surface area contributed by atoms with Gasteiger partial charge in [-0.05, 0) is 55.7 Å². The highest BCUT2D eigenvalue weighted by atomic mass is 19.1. The van der Waals surface area contributed by atoms with Crippen molar-refractivity contribution in [1.29, 1.82) is 0 Å². The monoisotopic (exact) mass is 325 g/mol. The number of anilines is 1. The Labute approximate surface area is 141 Å². The van der Waals surface area contributed by atoms with Crippen molar-refractivity contribution < 1.29 is 14.1 Å². The van der Waals surface area contributed by atoms with Gasteiger partial charge in [0.1, 0.15) is 11.5 Å². The van der Waals surface area contributed by atoms with Crippen LogP contribution in [0.15, 0.2) is 48.5 Å². The van der Waals surface area contributed by atoms with E-state index < -0.39 is 5.72 Å². The molecule has 1 atom stereocenters. The van der Waals surface area contributed by atoms with E-state index >= 15 is 0 Å². The number of benzene rings is 2. The van der Waals surface area contributed by atoms with E-state index in [1.54, 1.807) is 12.1 Å². The standard InChI is InChI=1S/C20H22FN2O/c1-15-6-2-3-7-18(15)22-14-20(24,16-9-11-17(21)12-10-16)23-13-5-4-8-19(22)23/h2-3,6-7,9-12,24H,4-5,8,13-14H2,1H3/q+1. The second kappa shape index (κ2) is 5.71. The van der Waals surface area contributed by atoms with E-state index in [1.165, 1.54) is 23.5 Å². The van der Waals surface area contributed by atoms with Gasteiger partial charge in [0.15, 0.2) is 6.54 Å². The van der Waals surface area contributed by atoms with Gasteiger partial charge in [0.2, 0.25) is 0 Å². The van der Waals surface area contributed by atoms with Gasteiger partial charge in [0.25, 0.3) is 11.6 Å². The van der Waals surface area contributed by atoms with Crippen molar-refractivity contribution in [1.82, 2.24) is 0 Å². The van der Waals surface area contributed by atoms with Crippen LogP contribution in [0.25, 0.3) is 0 Å². The highest BCUT2D eigenvalue weighted by Crippen LogP contribution is 2.36. The van der Waals surface area contributed by atoms with Crippen LogP contribution in [0.3, 0.4) is 0 Å². The Kier molecular flexibility index (Phi) is 3.65. The fourth-order valence-corrected chi connectivity index (χ4v) is 3.95. The van der Waals surface area contributed by atoms with Crippen molar-refractivity contribution in [2.24, 2.45) is 0 Å². The maximum absolute atomic E-state index is 13.3. The summed E-state index contributed by atoms with van der Waals surface area (Å²) in [6.07, 6.45) is 3.15. The molecule has 0 amide bonds. The summed E-state index contributed by atoms with van der Waals surface area (Å²) in [6, 6.07) is 14.5. The van der Waals surface area contributed by atoms with E-state index in [-0.39, 0.29) is 5.82 Å². The molecule has 2 heterocycles. The lowest BCUT2D eigenvalue weighted by atomic mass is 10.0. The summed E-state index contributed by atoms with van der Waals surface area (Å²) < 4.78 is 15.4. The molecule has 4 heteroatoms. The zero-order valence-corrected chi connectivity index (χ0v) is 13.9. The van der Waals surface area contributed by atoms with Crippen molar-refractivity contribution in [3.8, 4) is 0 Å². The third-order valence-corrected chi connectivity index (χ3v) is 5.19. The number of β-amino-alcohol motifs (C(OH)–C–C–N with tert-alkyl or cyclic N) is 1. The molecule has 0 saturated heterocycles. The summed E-state index contributed by atoms with van der Waals surface area (Å²) in [5.74, 6) is 0.890. The summed E-state index contributed by atoms with van der Waals surface area (Å²) in [5, 5.41) is 11.5. The van der Waals surface area contributed by atoms with Crippen LogP contribution in [0.2, 0.25) is 0 Å². The molecule has 1 N–H and O–H groups in total. The van der Waals surface area contributed by atoms with Crippen LogP contribution < -0.4 is 4.90 Å². The van der Waals surface area contributed by atoms with Crippen LogP contribution in [0, 0.1) is 12.7 Å². The molecule has 1 unspecified atom stereocenters. The van der Waals surface area contributed by atoms with Gasteiger partial charge < -0.3 is 5.11 Å². The first-order valence-corrected chi connectivity index (χ1v) is 8.55. The van der Waals surface area contributed by atoms with E-state index in [2.05, 4.69) is 28.5 Å². The lowest BCUT2D eigenvalue weighted by Crippen LogP contribution is -2.41. The number of hydrogen-bond acceptors (Lipinski definition) is 2. The van der Waals surface area contributed by atoms with E-state index in [1.807, 2.05) is 12.1 Å². The zero-order chi connectivity index (χ0) is 16.7. The molecule has 24 heavy (non-hydrogen) atoms. The molecule has 0 saturated carbocycles. The normalized spacial score (nSPS) is 23.5. The Balaban J connectivity index is 1.82. The highest BCUT2D eigenvalue weighted by molar-refractivity contribution is 5.96. The number of hydrogen-bond donors (Lipinski definition) is 1. The smallest absolute Gasteiger partial charge is 0.271 e. The number of halogens is 1. The van der Waals surface area contributed by atoms with Crippen LogP contribution in [0.1, 0.15) is 30.4 Å². The van der Waals surface area contributed by atoms with E-state index in [0.29, 0.717) is 6.54 Å². The average Bonchev–Trinajstić information content (AvgIpc) is 2.90. The third-order valence-electron chi connectivity index (χ3n) is 5.19. The van der Waals surface area contributed by atoms with E-state index in [0.717, 1.165) is 37.1 Å². The van der Waals surface area contributed by atoms with Crippen molar-refractivity contribution in [3.63, 3.8) is 0 Å². The van der Waals surface area contributed by atoms with Gasteiger partial charge in [0, 0.05) is 12.0 Å². The molecule has 0 aromatic heterocycles. The van der Waals surface area contributed by atoms with Gasteiger partial charge in [-0.1, -0.05) is 18.2 Å². The van der Waals surface area contributed by atoms with Crippen LogP contribution in [-0.4, -0.2) is 28.6 Å². The highest BCUT2D eigenvalue weighted by Gasteiger charge is 2.52. The van der Waals surface area contributed by atoms with Gasteiger partial charge in [-0.15, -0.1) is 0 Å². The number of nitrogens with zero attached hydrogens (tertiary/aromatic N) is 2. The minimum absolute atomic E-state index is 0.279. The summed E-state index contributed by atoms with van der Waals surface area (Å²) in [4.78, 5) is 2.23. The van der Waals surface area contributed by atoms with E-state index in [4.69, 9.17) is 0 Å². The first kappa shape index (κ1) is 15.3. The Bertz CT molecular complexity index is 800. The van der Waals surface area contributed by atoms with Gasteiger partial charge >= 0.3 is 0 Å². The minimum atomic E-state index is -1.11. The molecule has 124 valence electrons. The van der Waals surface area contributed by atoms with Crippen molar-refractivity contribution in [2.45, 2.75) is 31.9 Å². The summed E-state index contributed by atoms with van der Waals surface area (Å²) in [7, 11) is 0. The van der Waals surface area contributed by atoms with Gasteiger partial charge in [0.05, 0.1) is 6.54 Å². The topological polar surface area (TPSA) is 26.5 Å². The van der Waals surface area contributed by atoms with Gasteiger partial charge in [-0.25, -0.2) is 13.9 Å². The van der Waals surface area contributed by atoms with Crippen molar-refractivity contribution in [2.75, 3.05) is 18.0 Å². The SMILES string of the molecule is Cc1ccccc1N1CC(O)(c2ccc(F)cc2)[N+]2=C1CCCC2. The molecule has 4 rings (SSSR count). The number of aryl methyl sites for hydroxylation is 1. The Hall–Kier alpha value is -2.20. The summed E-state index contributed by atoms with van der Waals surface area (Å²) in [6.45, 7) is 3.39. The Morgan fingerprint density at radius 2 is 1.83 bits per heavy atom. The van der Waals surface area contributed by atoms with Crippen LogP contribution >= 0.6 is 0 Å². The Morgan fingerprint density at radius 3 is 2.58 bits per heavy atom. The fourth-order valence-electron chi connectivity index (χ4n) is 3.95. The third kappa shape index (κ3) is 2.33. The molecule has 2 aromatic rings. The van der Waals surface area contributed by atoms with Crippen molar-refractivity contribution >= 4 is 11.5 Å². The summed E-state index contributed by atoms with van der Waals surface area (Å²) >= 11 is 0. The first-order chi connectivity index (χ1) is 11.6. The molecule has 0 aliphatic carbocycles. The molecular formula is C20H22FN2O+. The second-order valence-electron chi connectivity index (χ2n) is 6.72.